The molecule has 1 aromatic carbocycles. The van der Waals surface area contributed by atoms with E-state index in [1.54, 1.807) is 6.20 Å². The van der Waals surface area contributed by atoms with E-state index in [4.69, 9.17) is 5.73 Å². The molecule has 4 N–H and O–H groups in total. The first kappa shape index (κ1) is 13.4. The molecule has 0 aliphatic heterocycles. The molecule has 0 saturated heterocycles. The zero-order chi connectivity index (χ0) is 13.8. The summed E-state index contributed by atoms with van der Waals surface area (Å²) < 4.78 is 0. The quantitative estimate of drug-likeness (QED) is 0.591. The Morgan fingerprint density at radius 1 is 1.58 bits per heavy atom. The standard InChI is InChI=1S/C13H15N3O2S/c1-2-11(13-15-5-6-19-13)16-12(18)9-7-8(17)3-4-10(9)14/h3-7,11,17H,2,14H2,1H3,(H,16,18). The zero-order valence-corrected chi connectivity index (χ0v) is 11.3. The van der Waals surface area contributed by atoms with Gasteiger partial charge in [0.15, 0.2) is 0 Å². The highest BCUT2D eigenvalue weighted by Gasteiger charge is 2.18. The van der Waals surface area contributed by atoms with Crippen LogP contribution in [0, 0.1) is 0 Å². The number of phenols is 1. The van der Waals surface area contributed by atoms with Crippen LogP contribution in [0.3, 0.4) is 0 Å². The minimum absolute atomic E-state index is 0.0154. The molecule has 1 heterocycles. The molecule has 19 heavy (non-hydrogen) atoms. The Labute approximate surface area is 115 Å². The van der Waals surface area contributed by atoms with Crippen LogP contribution in [0.2, 0.25) is 0 Å². The largest absolute Gasteiger partial charge is 0.508 e. The Balaban J connectivity index is 2.18. The van der Waals surface area contributed by atoms with E-state index < -0.39 is 0 Å². The molecule has 0 aliphatic carbocycles. The van der Waals surface area contributed by atoms with Gasteiger partial charge in [-0.05, 0) is 24.6 Å². The summed E-state index contributed by atoms with van der Waals surface area (Å²) in [6.45, 7) is 1.97. The number of aromatic hydroxyl groups is 1. The van der Waals surface area contributed by atoms with Gasteiger partial charge in [0.2, 0.25) is 0 Å². The molecule has 0 saturated carbocycles. The summed E-state index contributed by atoms with van der Waals surface area (Å²) in [4.78, 5) is 16.4. The number of carbonyl (C=O) groups is 1. The van der Waals surface area contributed by atoms with Crippen LogP contribution in [0.1, 0.15) is 34.8 Å². The molecule has 1 aromatic heterocycles. The Morgan fingerprint density at radius 2 is 2.37 bits per heavy atom. The predicted octanol–water partition coefficient (Wildman–Crippen LogP) is 2.31. The molecule has 6 heteroatoms. The Morgan fingerprint density at radius 3 is 3.00 bits per heavy atom. The summed E-state index contributed by atoms with van der Waals surface area (Å²) in [6, 6.07) is 4.17. The molecule has 0 fully saturated rings. The van der Waals surface area contributed by atoms with E-state index in [1.165, 1.54) is 29.5 Å². The molecular formula is C13H15N3O2S. The van der Waals surface area contributed by atoms with Crippen molar-refractivity contribution in [2.45, 2.75) is 19.4 Å². The van der Waals surface area contributed by atoms with Crippen LogP contribution in [0.5, 0.6) is 5.75 Å². The highest BCUT2D eigenvalue weighted by molar-refractivity contribution is 7.09. The molecule has 1 unspecified atom stereocenters. The van der Waals surface area contributed by atoms with Crippen LogP contribution in [0.15, 0.2) is 29.8 Å². The lowest BCUT2D eigenvalue weighted by Gasteiger charge is -2.15. The maximum absolute atomic E-state index is 12.2. The number of carbonyl (C=O) groups excluding carboxylic acids is 1. The van der Waals surface area contributed by atoms with E-state index >= 15 is 0 Å². The van der Waals surface area contributed by atoms with Crippen LogP contribution in [0.4, 0.5) is 5.69 Å². The summed E-state index contributed by atoms with van der Waals surface area (Å²) >= 11 is 1.49. The molecule has 5 nitrogen and oxygen atoms in total. The van der Waals surface area contributed by atoms with Gasteiger partial charge in [0.1, 0.15) is 10.8 Å². The number of amides is 1. The molecule has 0 spiro atoms. The second-order valence-electron chi connectivity index (χ2n) is 4.08. The number of hydrogen-bond acceptors (Lipinski definition) is 5. The van der Waals surface area contributed by atoms with E-state index in [1.807, 2.05) is 12.3 Å². The summed E-state index contributed by atoms with van der Waals surface area (Å²) in [6.07, 6.45) is 2.44. The van der Waals surface area contributed by atoms with Gasteiger partial charge in [0.25, 0.3) is 5.91 Å². The Bertz CT molecular complexity index is 569. The highest BCUT2D eigenvalue weighted by Crippen LogP contribution is 2.22. The van der Waals surface area contributed by atoms with Crippen LogP contribution < -0.4 is 11.1 Å². The molecule has 0 radical (unpaired) electrons. The summed E-state index contributed by atoms with van der Waals surface area (Å²) in [5.41, 5.74) is 6.35. The number of nitrogens with two attached hydrogens (primary N) is 1. The fraction of sp³-hybridized carbons (Fsp3) is 0.231. The van der Waals surface area contributed by atoms with Crippen LogP contribution >= 0.6 is 11.3 Å². The SMILES string of the molecule is CCC(NC(=O)c1cc(O)ccc1N)c1nccs1. The van der Waals surface area contributed by atoms with Crippen molar-refractivity contribution in [2.24, 2.45) is 0 Å². The van der Waals surface area contributed by atoms with Gasteiger partial charge < -0.3 is 16.2 Å². The molecule has 2 aromatic rings. The number of nitrogen functional groups attached to an aromatic ring is 1. The molecule has 0 aliphatic rings. The monoisotopic (exact) mass is 277 g/mol. The number of aromatic nitrogens is 1. The average Bonchev–Trinajstić information content (AvgIpc) is 2.92. The normalized spacial score (nSPS) is 12.1. The number of thiazole rings is 1. The number of anilines is 1. The van der Waals surface area contributed by atoms with Crippen molar-refractivity contribution in [1.29, 1.82) is 0 Å². The van der Waals surface area contributed by atoms with Crippen molar-refractivity contribution in [3.8, 4) is 5.75 Å². The number of hydrogen-bond donors (Lipinski definition) is 3. The van der Waals surface area contributed by atoms with Gasteiger partial charge in [-0.15, -0.1) is 11.3 Å². The molecular weight excluding hydrogens is 262 g/mol. The minimum Gasteiger partial charge on any atom is -0.508 e. The molecule has 1 atom stereocenters. The van der Waals surface area contributed by atoms with Crippen molar-refractivity contribution in [2.75, 3.05) is 5.73 Å². The van der Waals surface area contributed by atoms with Crippen molar-refractivity contribution in [3.05, 3.63) is 40.3 Å². The van der Waals surface area contributed by atoms with Gasteiger partial charge in [0.05, 0.1) is 11.6 Å². The first-order valence-corrected chi connectivity index (χ1v) is 6.78. The van der Waals surface area contributed by atoms with Crippen LogP contribution in [-0.4, -0.2) is 16.0 Å². The number of benzene rings is 1. The van der Waals surface area contributed by atoms with Gasteiger partial charge >= 0.3 is 0 Å². The Kier molecular flexibility index (Phi) is 4.01. The molecule has 100 valence electrons. The second kappa shape index (κ2) is 5.71. The van der Waals surface area contributed by atoms with Crippen LogP contribution in [0.25, 0.3) is 0 Å². The second-order valence-corrected chi connectivity index (χ2v) is 5.00. The van der Waals surface area contributed by atoms with E-state index in [0.717, 1.165) is 11.4 Å². The maximum Gasteiger partial charge on any atom is 0.254 e. The first-order chi connectivity index (χ1) is 9.11. The number of phenolic OH excluding ortho intramolecular Hbond substituents is 1. The Hall–Kier alpha value is -2.08. The predicted molar refractivity (Wildman–Crippen MR) is 75.1 cm³/mol. The highest BCUT2D eigenvalue weighted by atomic mass is 32.1. The van der Waals surface area contributed by atoms with Gasteiger partial charge in [-0.25, -0.2) is 4.98 Å². The summed E-state index contributed by atoms with van der Waals surface area (Å²) in [5.74, 6) is -0.294. The molecule has 2 rings (SSSR count). The van der Waals surface area contributed by atoms with E-state index in [2.05, 4.69) is 10.3 Å². The van der Waals surface area contributed by atoms with E-state index in [9.17, 15) is 9.90 Å². The number of rotatable bonds is 4. The van der Waals surface area contributed by atoms with Gasteiger partial charge in [0, 0.05) is 17.3 Å². The number of nitrogens with zero attached hydrogens (tertiary/aromatic N) is 1. The van der Waals surface area contributed by atoms with Crippen molar-refractivity contribution >= 4 is 22.9 Å². The summed E-state index contributed by atoms with van der Waals surface area (Å²) in [5, 5.41) is 15.0. The lowest BCUT2D eigenvalue weighted by molar-refractivity contribution is 0.0936. The van der Waals surface area contributed by atoms with Gasteiger partial charge in [-0.2, -0.15) is 0 Å². The van der Waals surface area contributed by atoms with Crippen molar-refractivity contribution in [3.63, 3.8) is 0 Å². The number of nitrogens with one attached hydrogen (secondary N) is 1. The third-order valence-corrected chi connectivity index (χ3v) is 3.63. The third kappa shape index (κ3) is 3.03. The smallest absolute Gasteiger partial charge is 0.254 e. The zero-order valence-electron chi connectivity index (χ0n) is 10.5. The average molecular weight is 277 g/mol. The fourth-order valence-electron chi connectivity index (χ4n) is 1.72. The van der Waals surface area contributed by atoms with Crippen molar-refractivity contribution in [1.82, 2.24) is 10.3 Å². The van der Waals surface area contributed by atoms with Crippen LogP contribution in [-0.2, 0) is 0 Å². The van der Waals surface area contributed by atoms with Gasteiger partial charge in [-0.1, -0.05) is 6.92 Å². The fourth-order valence-corrected chi connectivity index (χ4v) is 2.49. The topological polar surface area (TPSA) is 88.2 Å². The lowest BCUT2D eigenvalue weighted by Crippen LogP contribution is -2.28. The minimum atomic E-state index is -0.310. The summed E-state index contributed by atoms with van der Waals surface area (Å²) in [7, 11) is 0. The van der Waals surface area contributed by atoms with Crippen molar-refractivity contribution < 1.29 is 9.90 Å². The third-order valence-electron chi connectivity index (χ3n) is 2.74. The first-order valence-electron chi connectivity index (χ1n) is 5.90. The lowest BCUT2D eigenvalue weighted by atomic mass is 10.1. The van der Waals surface area contributed by atoms with Gasteiger partial charge in [-0.3, -0.25) is 4.79 Å². The van der Waals surface area contributed by atoms with E-state index in [-0.39, 0.29) is 23.3 Å². The molecule has 0 bridgehead atoms. The van der Waals surface area contributed by atoms with E-state index in [0.29, 0.717) is 5.69 Å². The maximum atomic E-state index is 12.2. The molecule has 1 amide bonds.